The Bertz CT molecular complexity index is 316. The zero-order chi connectivity index (χ0) is 9.80. The van der Waals surface area contributed by atoms with Crippen LogP contribution in [0.5, 0.6) is 0 Å². The number of rotatable bonds is 5. The van der Waals surface area contributed by atoms with Crippen molar-refractivity contribution >= 4 is 29.6 Å². The highest BCUT2D eigenvalue weighted by Crippen LogP contribution is 2.33. The SMILES string of the molecule is C=Cc1cccc(CSCC2CS2)c1. The summed E-state index contributed by atoms with van der Waals surface area (Å²) in [6, 6.07) is 8.62. The lowest BCUT2D eigenvalue weighted by Crippen LogP contribution is -1.89. The zero-order valence-corrected chi connectivity index (χ0v) is 9.74. The molecule has 1 aliphatic rings. The molecule has 1 unspecified atom stereocenters. The van der Waals surface area contributed by atoms with Gasteiger partial charge in [0.2, 0.25) is 0 Å². The molecule has 1 aliphatic heterocycles. The molecule has 1 saturated heterocycles. The molecule has 0 aromatic heterocycles. The first-order chi connectivity index (χ1) is 6.88. The molecule has 74 valence electrons. The molecule has 0 saturated carbocycles. The van der Waals surface area contributed by atoms with Gasteiger partial charge in [-0.25, -0.2) is 0 Å². The molecular weight excluding hydrogens is 208 g/mol. The zero-order valence-electron chi connectivity index (χ0n) is 8.11. The van der Waals surface area contributed by atoms with Gasteiger partial charge in [-0.2, -0.15) is 23.5 Å². The third kappa shape index (κ3) is 3.10. The van der Waals surface area contributed by atoms with Crippen molar-refractivity contribution in [3.05, 3.63) is 42.0 Å². The summed E-state index contributed by atoms with van der Waals surface area (Å²) in [5.74, 6) is 3.82. The molecule has 14 heavy (non-hydrogen) atoms. The van der Waals surface area contributed by atoms with Gasteiger partial charge in [0, 0.05) is 22.5 Å². The maximum absolute atomic E-state index is 3.78. The van der Waals surface area contributed by atoms with Gasteiger partial charge in [0.25, 0.3) is 0 Å². The third-order valence-corrected chi connectivity index (χ3v) is 4.52. The molecule has 1 atom stereocenters. The van der Waals surface area contributed by atoms with E-state index in [-0.39, 0.29) is 0 Å². The van der Waals surface area contributed by atoms with Crippen molar-refractivity contribution in [3.63, 3.8) is 0 Å². The summed E-state index contributed by atoms with van der Waals surface area (Å²) in [6.45, 7) is 3.78. The summed E-state index contributed by atoms with van der Waals surface area (Å²) < 4.78 is 0. The van der Waals surface area contributed by atoms with Crippen LogP contribution in [0.2, 0.25) is 0 Å². The number of hydrogen-bond acceptors (Lipinski definition) is 2. The lowest BCUT2D eigenvalue weighted by molar-refractivity contribution is 1.26. The summed E-state index contributed by atoms with van der Waals surface area (Å²) in [5.41, 5.74) is 2.64. The minimum atomic E-state index is 0.947. The molecule has 0 N–H and O–H groups in total. The van der Waals surface area contributed by atoms with E-state index in [1.54, 1.807) is 0 Å². The van der Waals surface area contributed by atoms with Gasteiger partial charge in [-0.3, -0.25) is 0 Å². The fourth-order valence-electron chi connectivity index (χ4n) is 1.28. The summed E-state index contributed by atoms with van der Waals surface area (Å²) in [7, 11) is 0. The largest absolute Gasteiger partial charge is 0.156 e. The van der Waals surface area contributed by atoms with Crippen LogP contribution in [0.15, 0.2) is 30.8 Å². The molecule has 0 amide bonds. The first-order valence-electron chi connectivity index (χ1n) is 4.79. The van der Waals surface area contributed by atoms with E-state index in [4.69, 9.17) is 0 Å². The van der Waals surface area contributed by atoms with Crippen molar-refractivity contribution in [1.82, 2.24) is 0 Å². The van der Waals surface area contributed by atoms with E-state index in [2.05, 4.69) is 42.6 Å². The van der Waals surface area contributed by atoms with Crippen molar-refractivity contribution in [1.29, 1.82) is 0 Å². The summed E-state index contributed by atoms with van der Waals surface area (Å²) in [4.78, 5) is 0. The van der Waals surface area contributed by atoms with Crippen LogP contribution in [0.1, 0.15) is 11.1 Å². The maximum atomic E-state index is 3.78. The quantitative estimate of drug-likeness (QED) is 0.697. The highest BCUT2D eigenvalue weighted by molar-refractivity contribution is 8.08. The van der Waals surface area contributed by atoms with E-state index < -0.39 is 0 Å². The standard InChI is InChI=1S/C12H14S2/c1-2-10-4-3-5-11(6-10)7-13-8-12-9-14-12/h2-6,12H,1,7-9H2. The van der Waals surface area contributed by atoms with Crippen LogP contribution in [0.25, 0.3) is 6.08 Å². The van der Waals surface area contributed by atoms with Gasteiger partial charge >= 0.3 is 0 Å². The van der Waals surface area contributed by atoms with E-state index in [1.165, 1.54) is 22.6 Å². The van der Waals surface area contributed by atoms with Gasteiger partial charge in [-0.15, -0.1) is 0 Å². The fraction of sp³-hybridized carbons (Fsp3) is 0.333. The molecule has 0 radical (unpaired) electrons. The first kappa shape index (κ1) is 10.2. The highest BCUT2D eigenvalue weighted by Gasteiger charge is 2.21. The Hall–Kier alpha value is -0.340. The first-order valence-corrected chi connectivity index (χ1v) is 6.99. The monoisotopic (exact) mass is 222 g/mol. The van der Waals surface area contributed by atoms with Gasteiger partial charge < -0.3 is 0 Å². The highest BCUT2D eigenvalue weighted by atomic mass is 32.2. The minimum Gasteiger partial charge on any atom is -0.156 e. The summed E-state index contributed by atoms with van der Waals surface area (Å²) in [5, 5.41) is 0.947. The Balaban J connectivity index is 1.84. The van der Waals surface area contributed by atoms with Crippen molar-refractivity contribution in [2.45, 2.75) is 11.0 Å². The molecule has 0 aliphatic carbocycles. The Labute approximate surface area is 94.2 Å². The molecule has 1 aromatic rings. The fourth-order valence-corrected chi connectivity index (χ4v) is 3.27. The van der Waals surface area contributed by atoms with Gasteiger partial charge in [0.05, 0.1) is 0 Å². The molecule has 2 heteroatoms. The van der Waals surface area contributed by atoms with Crippen LogP contribution in [0.3, 0.4) is 0 Å². The van der Waals surface area contributed by atoms with Gasteiger partial charge in [0.15, 0.2) is 0 Å². The summed E-state index contributed by atoms with van der Waals surface area (Å²) in [6.07, 6.45) is 1.91. The lowest BCUT2D eigenvalue weighted by atomic mass is 10.1. The molecule has 1 fully saturated rings. The van der Waals surface area contributed by atoms with Crippen LogP contribution in [0.4, 0.5) is 0 Å². The van der Waals surface area contributed by atoms with Gasteiger partial charge in [-0.1, -0.05) is 36.9 Å². The van der Waals surface area contributed by atoms with Crippen LogP contribution < -0.4 is 0 Å². The van der Waals surface area contributed by atoms with Crippen LogP contribution >= 0.6 is 23.5 Å². The lowest BCUT2D eigenvalue weighted by Gasteiger charge is -2.01. The van der Waals surface area contributed by atoms with Crippen molar-refractivity contribution in [2.24, 2.45) is 0 Å². The third-order valence-electron chi connectivity index (χ3n) is 2.16. The van der Waals surface area contributed by atoms with E-state index in [0.29, 0.717) is 0 Å². The number of thioether (sulfide) groups is 2. The van der Waals surface area contributed by atoms with Gasteiger partial charge in [0.1, 0.15) is 0 Å². The predicted octanol–water partition coefficient (Wildman–Crippen LogP) is 3.68. The molecule has 0 spiro atoms. The molecule has 0 bridgehead atoms. The van der Waals surface area contributed by atoms with Crippen molar-refractivity contribution < 1.29 is 0 Å². The molecule has 0 nitrogen and oxygen atoms in total. The Kier molecular flexibility index (Phi) is 3.60. The second-order valence-corrected chi connectivity index (χ2v) is 5.78. The van der Waals surface area contributed by atoms with Crippen molar-refractivity contribution in [2.75, 3.05) is 11.5 Å². The van der Waals surface area contributed by atoms with Crippen LogP contribution in [-0.4, -0.2) is 16.8 Å². The molecule has 1 aromatic carbocycles. The van der Waals surface area contributed by atoms with Crippen LogP contribution in [-0.2, 0) is 5.75 Å². The average Bonchev–Trinajstić information content (AvgIpc) is 3.02. The smallest absolute Gasteiger partial charge is 0.0229 e. The average molecular weight is 222 g/mol. The Morgan fingerprint density at radius 2 is 2.43 bits per heavy atom. The van der Waals surface area contributed by atoms with E-state index in [0.717, 1.165) is 11.0 Å². The van der Waals surface area contributed by atoms with Crippen molar-refractivity contribution in [3.8, 4) is 0 Å². The minimum absolute atomic E-state index is 0.947. The van der Waals surface area contributed by atoms with E-state index in [1.807, 2.05) is 17.8 Å². The maximum Gasteiger partial charge on any atom is 0.0229 e. The van der Waals surface area contributed by atoms with Crippen LogP contribution in [0, 0.1) is 0 Å². The Morgan fingerprint density at radius 1 is 1.57 bits per heavy atom. The number of hydrogen-bond donors (Lipinski definition) is 0. The normalized spacial score (nSPS) is 19.3. The van der Waals surface area contributed by atoms with E-state index in [9.17, 15) is 0 Å². The molecular formula is C12H14S2. The number of benzene rings is 1. The van der Waals surface area contributed by atoms with Gasteiger partial charge in [-0.05, 0) is 11.1 Å². The van der Waals surface area contributed by atoms with E-state index >= 15 is 0 Å². The summed E-state index contributed by atoms with van der Waals surface area (Å²) >= 11 is 4.12. The Morgan fingerprint density at radius 3 is 3.14 bits per heavy atom. The second kappa shape index (κ2) is 4.94. The topological polar surface area (TPSA) is 0 Å². The predicted molar refractivity (Wildman–Crippen MR) is 68.9 cm³/mol. The molecule has 1 heterocycles. The second-order valence-electron chi connectivity index (χ2n) is 3.42. The molecule has 2 rings (SSSR count).